The first-order valence-electron chi connectivity index (χ1n) is 7.38. The predicted octanol–water partition coefficient (Wildman–Crippen LogP) is 2.13. The number of benzene rings is 1. The highest BCUT2D eigenvalue weighted by Gasteiger charge is 2.16. The third kappa shape index (κ3) is 3.91. The normalized spacial score (nSPS) is 11.9. The molecule has 3 aromatic rings. The van der Waals surface area contributed by atoms with E-state index in [-0.39, 0.29) is 35.4 Å². The highest BCUT2D eigenvalue weighted by Crippen LogP contribution is 2.19. The number of rotatable bonds is 5. The summed E-state index contributed by atoms with van der Waals surface area (Å²) in [6, 6.07) is 8.49. The first-order chi connectivity index (χ1) is 12.5. The van der Waals surface area contributed by atoms with Gasteiger partial charge in [0.25, 0.3) is 5.56 Å². The lowest BCUT2D eigenvalue weighted by atomic mass is 10.1. The number of hydrogen-bond acceptors (Lipinski definition) is 7. The Bertz CT molecular complexity index is 1020. The number of aliphatic hydroxyl groups excluding tert-OH is 1. The van der Waals surface area contributed by atoms with Gasteiger partial charge in [-0.25, -0.2) is 4.98 Å². The third-order valence-electron chi connectivity index (χ3n) is 3.54. The number of aromatic nitrogens is 4. The molecule has 132 valence electrons. The van der Waals surface area contributed by atoms with E-state index in [4.69, 9.17) is 33.0 Å². The second-order valence-electron chi connectivity index (χ2n) is 5.33. The van der Waals surface area contributed by atoms with Crippen LogP contribution in [0.2, 0.25) is 10.0 Å². The highest BCUT2D eigenvalue weighted by atomic mass is 35.5. The molecule has 0 fully saturated rings. The maximum atomic E-state index is 12.0. The number of nitrogens with zero attached hydrogens (tertiary/aromatic N) is 5. The summed E-state index contributed by atoms with van der Waals surface area (Å²) in [4.78, 5) is 20.0. The van der Waals surface area contributed by atoms with E-state index in [1.807, 2.05) is 0 Å². The van der Waals surface area contributed by atoms with Crippen molar-refractivity contribution in [3.8, 4) is 6.07 Å². The van der Waals surface area contributed by atoms with E-state index in [0.29, 0.717) is 10.6 Å². The second kappa shape index (κ2) is 7.66. The summed E-state index contributed by atoms with van der Waals surface area (Å²) < 4.78 is 6.24. The van der Waals surface area contributed by atoms with Crippen LogP contribution >= 0.6 is 23.2 Å². The van der Waals surface area contributed by atoms with Gasteiger partial charge in [-0.05, 0) is 17.7 Å². The molecule has 0 radical (unpaired) electrons. The van der Waals surface area contributed by atoms with E-state index in [9.17, 15) is 9.90 Å². The maximum absolute atomic E-state index is 12.0. The number of hydrogen-bond donors (Lipinski definition) is 1. The Morgan fingerprint density at radius 3 is 2.73 bits per heavy atom. The molecule has 2 aromatic heterocycles. The average molecular weight is 392 g/mol. The van der Waals surface area contributed by atoms with Crippen LogP contribution in [0.4, 0.5) is 0 Å². The van der Waals surface area contributed by atoms with Gasteiger partial charge in [-0.2, -0.15) is 10.2 Å². The monoisotopic (exact) mass is 391 g/mol. The smallest absolute Gasteiger partial charge is 0.273 e. The van der Waals surface area contributed by atoms with E-state index >= 15 is 0 Å². The van der Waals surface area contributed by atoms with Gasteiger partial charge in [0.1, 0.15) is 17.6 Å². The molecule has 2 heterocycles. The highest BCUT2D eigenvalue weighted by molar-refractivity contribution is 6.31. The van der Waals surface area contributed by atoms with Gasteiger partial charge in [-0.3, -0.25) is 9.36 Å². The van der Waals surface area contributed by atoms with E-state index < -0.39 is 11.7 Å². The van der Waals surface area contributed by atoms with E-state index in [1.165, 1.54) is 6.33 Å². The lowest BCUT2D eigenvalue weighted by Gasteiger charge is -2.08. The number of aliphatic hydroxyl groups is 1. The van der Waals surface area contributed by atoms with Crippen molar-refractivity contribution in [2.45, 2.75) is 19.1 Å². The summed E-state index contributed by atoms with van der Waals surface area (Å²) >= 11 is 11.6. The van der Waals surface area contributed by atoms with Crippen molar-refractivity contribution < 1.29 is 9.63 Å². The molecular formula is C16H11Cl2N5O3. The average Bonchev–Trinajstić information content (AvgIpc) is 3.06. The summed E-state index contributed by atoms with van der Waals surface area (Å²) in [5, 5.41) is 23.1. The van der Waals surface area contributed by atoms with Crippen LogP contribution in [0.15, 0.2) is 39.9 Å². The summed E-state index contributed by atoms with van der Waals surface area (Å²) in [6.45, 7) is -0.0543. The lowest BCUT2D eigenvalue weighted by Crippen LogP contribution is -2.22. The molecule has 26 heavy (non-hydrogen) atoms. The van der Waals surface area contributed by atoms with Crippen LogP contribution in [0.25, 0.3) is 0 Å². The molecule has 0 unspecified atom stereocenters. The van der Waals surface area contributed by atoms with Crippen LogP contribution in [0.3, 0.4) is 0 Å². The largest absolute Gasteiger partial charge is 0.388 e. The quantitative estimate of drug-likeness (QED) is 0.707. The van der Waals surface area contributed by atoms with E-state index in [0.717, 1.165) is 4.57 Å². The van der Waals surface area contributed by atoms with Crippen LogP contribution < -0.4 is 5.56 Å². The van der Waals surface area contributed by atoms with Crippen LogP contribution in [0.5, 0.6) is 0 Å². The molecule has 0 saturated carbocycles. The standard InChI is InChI=1S/C16H11Cl2N5O3/c17-10-3-1-9(2-4-10)12(24)5-13-21-14(26-22-13)7-23-8-20-11(6-19)15(18)16(23)25/h1-4,8,12,24H,5,7H2/t12-/m0/s1. The van der Waals surface area contributed by atoms with Crippen molar-refractivity contribution in [1.29, 1.82) is 5.26 Å². The summed E-state index contributed by atoms with van der Waals surface area (Å²) in [5.41, 5.74) is -0.0653. The zero-order valence-electron chi connectivity index (χ0n) is 13.1. The summed E-state index contributed by atoms with van der Waals surface area (Å²) in [7, 11) is 0. The fourth-order valence-corrected chi connectivity index (χ4v) is 2.54. The van der Waals surface area contributed by atoms with Crippen molar-refractivity contribution in [2.75, 3.05) is 0 Å². The van der Waals surface area contributed by atoms with E-state index in [2.05, 4.69) is 15.1 Å². The molecule has 0 amide bonds. The van der Waals surface area contributed by atoms with Gasteiger partial charge in [0.15, 0.2) is 11.5 Å². The van der Waals surface area contributed by atoms with Crippen LogP contribution in [-0.4, -0.2) is 24.8 Å². The fraction of sp³-hybridized carbons (Fsp3) is 0.188. The molecule has 0 aliphatic rings. The Balaban J connectivity index is 1.72. The van der Waals surface area contributed by atoms with Crippen LogP contribution in [-0.2, 0) is 13.0 Å². The number of nitriles is 1. The molecule has 10 heteroatoms. The first kappa shape index (κ1) is 18.1. The van der Waals surface area contributed by atoms with Crippen molar-refractivity contribution >= 4 is 23.2 Å². The molecule has 1 N–H and O–H groups in total. The maximum Gasteiger partial charge on any atom is 0.273 e. The molecule has 3 rings (SSSR count). The molecule has 0 bridgehead atoms. The summed E-state index contributed by atoms with van der Waals surface area (Å²) in [6.07, 6.45) is 0.484. The molecule has 0 aliphatic heterocycles. The van der Waals surface area contributed by atoms with Gasteiger partial charge < -0.3 is 9.63 Å². The van der Waals surface area contributed by atoms with Gasteiger partial charge in [0.05, 0.1) is 12.4 Å². The minimum atomic E-state index is -0.827. The van der Waals surface area contributed by atoms with Gasteiger partial charge in [-0.1, -0.05) is 40.5 Å². The van der Waals surface area contributed by atoms with Crippen molar-refractivity contribution in [3.05, 3.63) is 74.0 Å². The van der Waals surface area contributed by atoms with Gasteiger partial charge in [-0.15, -0.1) is 0 Å². The first-order valence-corrected chi connectivity index (χ1v) is 8.13. The zero-order chi connectivity index (χ0) is 18.7. The molecule has 0 spiro atoms. The predicted molar refractivity (Wildman–Crippen MR) is 91.7 cm³/mol. The van der Waals surface area contributed by atoms with Gasteiger partial charge in [0, 0.05) is 11.4 Å². The second-order valence-corrected chi connectivity index (χ2v) is 6.14. The van der Waals surface area contributed by atoms with Crippen molar-refractivity contribution in [2.24, 2.45) is 0 Å². The Morgan fingerprint density at radius 1 is 1.31 bits per heavy atom. The summed E-state index contributed by atoms with van der Waals surface area (Å²) in [5.74, 6) is 0.427. The van der Waals surface area contributed by atoms with Crippen molar-refractivity contribution in [1.82, 2.24) is 19.7 Å². The Hall–Kier alpha value is -2.73. The zero-order valence-corrected chi connectivity index (χ0v) is 14.6. The van der Waals surface area contributed by atoms with Gasteiger partial charge in [0.2, 0.25) is 5.89 Å². The minimum Gasteiger partial charge on any atom is -0.388 e. The number of halogens is 2. The molecule has 0 saturated heterocycles. The van der Waals surface area contributed by atoms with Gasteiger partial charge >= 0.3 is 0 Å². The van der Waals surface area contributed by atoms with Crippen molar-refractivity contribution in [3.63, 3.8) is 0 Å². The van der Waals surface area contributed by atoms with E-state index in [1.54, 1.807) is 30.3 Å². The Labute approximate surface area is 157 Å². The molecular weight excluding hydrogens is 381 g/mol. The Kier molecular flexibility index (Phi) is 5.32. The third-order valence-corrected chi connectivity index (χ3v) is 4.13. The van der Waals surface area contributed by atoms with Crippen LogP contribution in [0.1, 0.15) is 29.1 Å². The molecule has 1 atom stereocenters. The minimum absolute atomic E-state index is 0.0543. The molecule has 0 aliphatic carbocycles. The molecule has 8 nitrogen and oxygen atoms in total. The van der Waals surface area contributed by atoms with Crippen LogP contribution in [0, 0.1) is 11.3 Å². The fourth-order valence-electron chi connectivity index (χ4n) is 2.21. The topological polar surface area (TPSA) is 118 Å². The SMILES string of the molecule is N#Cc1ncn(Cc2nc(C[C@H](O)c3ccc(Cl)cc3)no2)c(=O)c1Cl. The lowest BCUT2D eigenvalue weighted by molar-refractivity contribution is 0.174. The Morgan fingerprint density at radius 2 is 2.04 bits per heavy atom. The molecule has 1 aromatic carbocycles.